The Kier molecular flexibility index (Phi) is 5.36. The van der Waals surface area contributed by atoms with Gasteiger partial charge in [0.15, 0.2) is 0 Å². The van der Waals surface area contributed by atoms with Gasteiger partial charge in [-0.25, -0.2) is 4.39 Å². The number of nitrogens with one attached hydrogen (secondary N) is 4. The number of benzene rings is 1. The standard InChI is InChI=1S/C23H25Cl2FN4O2/c1-27-20(31)19-17(13-3-2-4-15(25)18(13)26)23(22(30-19)7-9-28-10-8-22)14-6-5-12(24)11-16(14)29-21(23)32/h2-4,6,11-12,17,19,28,30H,5,7-10H2,1H3,(H,27,31)(H,29,32)/t12?,17-,19+,23-/m0/s1. The first-order valence-corrected chi connectivity index (χ1v) is 11.7. The molecule has 0 aromatic heterocycles. The Morgan fingerprint density at radius 1 is 1.28 bits per heavy atom. The zero-order chi connectivity index (χ0) is 22.7. The molecule has 3 fully saturated rings. The van der Waals surface area contributed by atoms with Gasteiger partial charge in [0, 0.05) is 24.2 Å². The highest BCUT2D eigenvalue weighted by molar-refractivity contribution is 6.30. The molecule has 4 aliphatic rings. The monoisotopic (exact) mass is 478 g/mol. The van der Waals surface area contributed by atoms with Crippen LogP contribution in [0.3, 0.4) is 0 Å². The molecule has 170 valence electrons. The first-order chi connectivity index (χ1) is 15.4. The van der Waals surface area contributed by atoms with Crippen molar-refractivity contribution in [3.63, 3.8) is 0 Å². The highest BCUT2D eigenvalue weighted by Gasteiger charge is 2.73. The summed E-state index contributed by atoms with van der Waals surface area (Å²) in [7, 11) is 1.55. The SMILES string of the molecule is CNC(=O)[C@@H]1NC2(CCNCC2)[C@]2(C(=O)NC3=CC(Cl)CC=C32)[C@H]1c1cccc(Cl)c1F. The average molecular weight is 479 g/mol. The Balaban J connectivity index is 1.82. The van der Waals surface area contributed by atoms with E-state index in [4.69, 9.17) is 23.2 Å². The minimum Gasteiger partial charge on any atom is -0.358 e. The second-order valence-corrected chi connectivity index (χ2v) is 9.87. The predicted octanol–water partition coefficient (Wildman–Crippen LogP) is 2.34. The molecule has 5 rings (SSSR count). The minimum absolute atomic E-state index is 0.0350. The lowest BCUT2D eigenvalue weighted by Crippen LogP contribution is -2.61. The summed E-state index contributed by atoms with van der Waals surface area (Å²) in [5.74, 6) is -1.91. The number of halogens is 3. The van der Waals surface area contributed by atoms with Crippen molar-refractivity contribution < 1.29 is 14.0 Å². The number of rotatable bonds is 2. The first kappa shape index (κ1) is 21.9. The number of hydrogen-bond donors (Lipinski definition) is 4. The van der Waals surface area contributed by atoms with Crippen molar-refractivity contribution in [2.75, 3.05) is 20.1 Å². The summed E-state index contributed by atoms with van der Waals surface area (Å²) < 4.78 is 15.5. The molecular weight excluding hydrogens is 454 g/mol. The number of piperidine rings is 1. The molecule has 1 unspecified atom stereocenters. The van der Waals surface area contributed by atoms with Crippen LogP contribution in [0.2, 0.25) is 5.02 Å². The Morgan fingerprint density at radius 3 is 2.75 bits per heavy atom. The van der Waals surface area contributed by atoms with Gasteiger partial charge in [0.2, 0.25) is 11.8 Å². The van der Waals surface area contributed by atoms with E-state index < -0.39 is 28.7 Å². The molecule has 0 saturated carbocycles. The topological polar surface area (TPSA) is 82.3 Å². The third-order valence-electron chi connectivity index (χ3n) is 7.51. The van der Waals surface area contributed by atoms with Crippen LogP contribution >= 0.6 is 23.2 Å². The van der Waals surface area contributed by atoms with Crippen molar-refractivity contribution in [1.82, 2.24) is 21.3 Å². The van der Waals surface area contributed by atoms with Gasteiger partial charge in [-0.3, -0.25) is 14.9 Å². The molecule has 9 heteroatoms. The fourth-order valence-electron chi connectivity index (χ4n) is 6.27. The van der Waals surface area contributed by atoms with Gasteiger partial charge in [-0.1, -0.05) is 29.8 Å². The summed E-state index contributed by atoms with van der Waals surface area (Å²) in [5.41, 5.74) is -0.199. The number of carbonyl (C=O) groups excluding carboxylic acids is 2. The van der Waals surface area contributed by atoms with E-state index in [2.05, 4.69) is 21.3 Å². The molecule has 3 heterocycles. The van der Waals surface area contributed by atoms with Crippen LogP contribution in [-0.4, -0.2) is 48.9 Å². The Hall–Kier alpha value is -1.93. The van der Waals surface area contributed by atoms with Crippen molar-refractivity contribution in [3.8, 4) is 0 Å². The summed E-state index contributed by atoms with van der Waals surface area (Å²) in [5, 5.41) is 12.3. The number of amides is 2. The van der Waals surface area contributed by atoms with E-state index in [-0.39, 0.29) is 27.8 Å². The molecule has 1 aromatic rings. The maximum Gasteiger partial charge on any atom is 0.237 e. The number of carbonyl (C=O) groups is 2. The number of allylic oxidation sites excluding steroid dienone is 3. The molecule has 2 amide bonds. The van der Waals surface area contributed by atoms with Gasteiger partial charge in [0.05, 0.1) is 16.4 Å². The van der Waals surface area contributed by atoms with E-state index in [9.17, 15) is 9.59 Å². The quantitative estimate of drug-likeness (QED) is 0.491. The summed E-state index contributed by atoms with van der Waals surface area (Å²) in [6.45, 7) is 1.36. The van der Waals surface area contributed by atoms with Crippen molar-refractivity contribution in [2.45, 2.75) is 42.1 Å². The maximum absolute atomic E-state index is 15.5. The lowest BCUT2D eigenvalue weighted by molar-refractivity contribution is -0.130. The van der Waals surface area contributed by atoms with Gasteiger partial charge >= 0.3 is 0 Å². The second kappa shape index (κ2) is 7.83. The van der Waals surface area contributed by atoms with E-state index >= 15 is 4.39 Å². The van der Waals surface area contributed by atoms with Crippen LogP contribution in [0.4, 0.5) is 4.39 Å². The zero-order valence-electron chi connectivity index (χ0n) is 17.6. The minimum atomic E-state index is -1.18. The number of likely N-dealkylation sites (N-methyl/N-ethyl adjacent to an activating group) is 1. The molecule has 0 radical (unpaired) electrons. The second-order valence-electron chi connectivity index (χ2n) is 8.90. The molecule has 2 spiro atoms. The maximum atomic E-state index is 15.5. The van der Waals surface area contributed by atoms with E-state index in [1.54, 1.807) is 19.2 Å². The van der Waals surface area contributed by atoms with E-state index in [1.165, 1.54) is 6.07 Å². The molecule has 1 aromatic carbocycles. The largest absolute Gasteiger partial charge is 0.358 e. The van der Waals surface area contributed by atoms with Gasteiger partial charge in [-0.05, 0) is 55.6 Å². The summed E-state index contributed by atoms with van der Waals surface area (Å²) in [6.07, 6.45) is 5.61. The van der Waals surface area contributed by atoms with Crippen LogP contribution in [0.25, 0.3) is 0 Å². The van der Waals surface area contributed by atoms with Crippen molar-refractivity contribution in [2.24, 2.45) is 5.41 Å². The molecule has 4 atom stereocenters. The highest BCUT2D eigenvalue weighted by atomic mass is 35.5. The molecule has 0 bridgehead atoms. The molecule has 1 aliphatic carbocycles. The Bertz CT molecular complexity index is 1050. The first-order valence-electron chi connectivity index (χ1n) is 10.9. The molecule has 4 N–H and O–H groups in total. The smallest absolute Gasteiger partial charge is 0.237 e. The lowest BCUT2D eigenvalue weighted by Gasteiger charge is -2.47. The van der Waals surface area contributed by atoms with Gasteiger partial charge in [-0.15, -0.1) is 11.6 Å². The van der Waals surface area contributed by atoms with Crippen LogP contribution in [0, 0.1) is 11.2 Å². The fourth-order valence-corrected chi connectivity index (χ4v) is 6.67. The Morgan fingerprint density at radius 2 is 2.03 bits per heavy atom. The highest BCUT2D eigenvalue weighted by Crippen LogP contribution is 2.63. The van der Waals surface area contributed by atoms with Crippen molar-refractivity contribution >= 4 is 35.0 Å². The van der Waals surface area contributed by atoms with Crippen molar-refractivity contribution in [1.29, 1.82) is 0 Å². The average Bonchev–Trinajstić information content (AvgIpc) is 3.23. The van der Waals surface area contributed by atoms with Gasteiger partial charge < -0.3 is 16.0 Å². The van der Waals surface area contributed by atoms with Gasteiger partial charge in [0.25, 0.3) is 0 Å². The van der Waals surface area contributed by atoms with E-state index in [0.29, 0.717) is 38.0 Å². The number of hydrogen-bond acceptors (Lipinski definition) is 4. The van der Waals surface area contributed by atoms with Crippen LogP contribution in [0.15, 0.2) is 41.6 Å². The predicted molar refractivity (Wildman–Crippen MR) is 121 cm³/mol. The van der Waals surface area contributed by atoms with Crippen LogP contribution < -0.4 is 21.3 Å². The molecule has 3 aliphatic heterocycles. The Labute approximate surface area is 196 Å². The summed E-state index contributed by atoms with van der Waals surface area (Å²) >= 11 is 12.5. The number of alkyl halides is 1. The normalized spacial score (nSPS) is 33.0. The number of fused-ring (bicyclic) bond motifs is 3. The molecule has 3 saturated heterocycles. The van der Waals surface area contributed by atoms with Gasteiger partial charge in [0.1, 0.15) is 11.2 Å². The van der Waals surface area contributed by atoms with Crippen LogP contribution in [-0.2, 0) is 9.59 Å². The van der Waals surface area contributed by atoms with Gasteiger partial charge in [-0.2, -0.15) is 0 Å². The van der Waals surface area contributed by atoms with Crippen LogP contribution in [0.1, 0.15) is 30.7 Å². The molecule has 6 nitrogen and oxygen atoms in total. The zero-order valence-corrected chi connectivity index (χ0v) is 19.1. The summed E-state index contributed by atoms with van der Waals surface area (Å²) in [6, 6.07) is 3.96. The third-order valence-corrected chi connectivity index (χ3v) is 8.10. The summed E-state index contributed by atoms with van der Waals surface area (Å²) in [4.78, 5) is 27.1. The van der Waals surface area contributed by atoms with E-state index in [1.807, 2.05) is 12.2 Å². The molecule has 32 heavy (non-hydrogen) atoms. The lowest BCUT2D eigenvalue weighted by atomic mass is 9.56. The van der Waals surface area contributed by atoms with E-state index in [0.717, 1.165) is 5.57 Å². The molecular formula is C23H25Cl2FN4O2. The fraction of sp³-hybridized carbons (Fsp3) is 0.478. The van der Waals surface area contributed by atoms with Crippen molar-refractivity contribution in [3.05, 3.63) is 58.0 Å². The van der Waals surface area contributed by atoms with Crippen LogP contribution in [0.5, 0.6) is 0 Å². The third kappa shape index (κ3) is 2.84.